The van der Waals surface area contributed by atoms with Crippen molar-refractivity contribution in [3.05, 3.63) is 144 Å². The molecule has 1 N–H and O–H groups in total. The minimum absolute atomic E-state index is 0.331. The fraction of sp³-hybridized carbons (Fsp3) is 0.242. The van der Waals surface area contributed by atoms with Crippen molar-refractivity contribution in [2.45, 2.75) is 37.1 Å². The zero-order chi connectivity index (χ0) is 26.6. The lowest BCUT2D eigenvalue weighted by molar-refractivity contribution is -0.158. The quantitative estimate of drug-likeness (QED) is 0.0795. The number of carbonyl (C=O) groups is 1. The summed E-state index contributed by atoms with van der Waals surface area (Å²) < 4.78 is 12.4. The van der Waals surface area contributed by atoms with E-state index in [1.165, 1.54) is 0 Å². The third-order valence-electron chi connectivity index (χ3n) is 6.57. The maximum Gasteiger partial charge on any atom is 0.339 e. The summed E-state index contributed by atoms with van der Waals surface area (Å²) in [6.45, 7) is 0.522. The van der Waals surface area contributed by atoms with Crippen LogP contribution < -0.4 is 0 Å². The Bertz CT molecular complexity index is 1140. The van der Waals surface area contributed by atoms with Crippen LogP contribution in [0.15, 0.2) is 121 Å². The number of benzene rings is 4. The molecule has 0 unspecified atom stereocenters. The molecular weight excluding hydrogens is 540 g/mol. The molecule has 0 amide bonds. The van der Waals surface area contributed by atoms with Gasteiger partial charge in [-0.1, -0.05) is 137 Å². The van der Waals surface area contributed by atoms with Gasteiger partial charge in [0.2, 0.25) is 0 Å². The number of ether oxygens (including phenoxy) is 2. The van der Waals surface area contributed by atoms with E-state index in [0.29, 0.717) is 23.9 Å². The van der Waals surface area contributed by atoms with E-state index in [1.807, 2.05) is 60.7 Å². The summed E-state index contributed by atoms with van der Waals surface area (Å²) in [7, 11) is 0. The van der Waals surface area contributed by atoms with Crippen molar-refractivity contribution in [1.82, 2.24) is 0 Å². The summed E-state index contributed by atoms with van der Waals surface area (Å²) in [6.07, 6.45) is 0.639. The first-order valence-electron chi connectivity index (χ1n) is 12.9. The minimum Gasteiger partial charge on any atom is -0.459 e. The average Bonchev–Trinajstić information content (AvgIpc) is 2.99. The Labute approximate surface area is 233 Å². The molecule has 0 spiro atoms. The molecule has 0 aromatic heterocycles. The van der Waals surface area contributed by atoms with Crippen molar-refractivity contribution < 1.29 is 19.4 Å². The molecular formula is C33H33BrO4. The Morgan fingerprint density at radius 2 is 1.16 bits per heavy atom. The van der Waals surface area contributed by atoms with Gasteiger partial charge >= 0.3 is 5.97 Å². The van der Waals surface area contributed by atoms with Crippen LogP contribution in [0.3, 0.4) is 0 Å². The van der Waals surface area contributed by atoms with E-state index in [1.54, 1.807) is 24.3 Å². The van der Waals surface area contributed by atoms with Crippen LogP contribution >= 0.6 is 15.9 Å². The zero-order valence-electron chi connectivity index (χ0n) is 21.3. The molecule has 4 rings (SSSR count). The largest absolute Gasteiger partial charge is 0.459 e. The van der Waals surface area contributed by atoms with E-state index < -0.39 is 17.7 Å². The fourth-order valence-corrected chi connectivity index (χ4v) is 5.09. The molecule has 196 valence electrons. The van der Waals surface area contributed by atoms with E-state index in [2.05, 4.69) is 52.3 Å². The Morgan fingerprint density at radius 1 is 0.711 bits per heavy atom. The van der Waals surface area contributed by atoms with E-state index in [0.717, 1.165) is 29.5 Å². The number of aliphatic hydroxyl groups is 1. The first-order chi connectivity index (χ1) is 18.6. The van der Waals surface area contributed by atoms with Gasteiger partial charge in [-0.3, -0.25) is 0 Å². The third kappa shape index (κ3) is 6.79. The summed E-state index contributed by atoms with van der Waals surface area (Å²) in [6, 6.07) is 39.8. The molecule has 0 aliphatic rings. The third-order valence-corrected chi connectivity index (χ3v) is 7.30. The molecule has 4 nitrogen and oxygen atoms in total. The summed E-state index contributed by atoms with van der Waals surface area (Å²) in [5, 5.41) is 10.9. The highest BCUT2D eigenvalue weighted by Gasteiger charge is 2.37. The van der Waals surface area contributed by atoms with Crippen molar-refractivity contribution >= 4 is 21.9 Å². The molecule has 0 heterocycles. The molecule has 0 aliphatic heterocycles. The molecule has 0 aliphatic carbocycles. The van der Waals surface area contributed by atoms with E-state index in [4.69, 9.17) is 9.47 Å². The molecule has 4 aromatic rings. The lowest BCUT2D eigenvalue weighted by Gasteiger charge is -2.36. The molecule has 0 fully saturated rings. The normalized spacial score (nSPS) is 13.0. The number of esters is 1. The van der Waals surface area contributed by atoms with Crippen molar-refractivity contribution in [2.24, 2.45) is 0 Å². The Kier molecular flexibility index (Phi) is 10.3. The number of halogens is 1. The number of rotatable bonds is 13. The van der Waals surface area contributed by atoms with Gasteiger partial charge in [0.1, 0.15) is 11.7 Å². The van der Waals surface area contributed by atoms with Crippen LogP contribution in [0.1, 0.15) is 47.6 Å². The molecule has 0 radical (unpaired) electrons. The van der Waals surface area contributed by atoms with Gasteiger partial charge in [-0.15, -0.1) is 0 Å². The van der Waals surface area contributed by atoms with Crippen LogP contribution in [0.25, 0.3) is 0 Å². The predicted molar refractivity (Wildman–Crippen MR) is 154 cm³/mol. The van der Waals surface area contributed by atoms with Gasteiger partial charge in [0.15, 0.2) is 6.10 Å². The molecule has 2 atom stereocenters. The summed E-state index contributed by atoms with van der Waals surface area (Å²) >= 11 is 3.45. The van der Waals surface area contributed by atoms with Gasteiger partial charge in [0, 0.05) is 11.9 Å². The Hall–Kier alpha value is -3.25. The van der Waals surface area contributed by atoms with Gasteiger partial charge in [-0.25, -0.2) is 4.79 Å². The second-order valence-electron chi connectivity index (χ2n) is 9.15. The van der Waals surface area contributed by atoms with Gasteiger partial charge < -0.3 is 14.6 Å². The molecule has 0 bridgehead atoms. The van der Waals surface area contributed by atoms with Crippen LogP contribution in [0.4, 0.5) is 0 Å². The zero-order valence-corrected chi connectivity index (χ0v) is 22.9. The number of alkyl halides is 1. The SMILES string of the molecule is O=C(O[C@H](CBr)CCCCOC(c1ccccc1)(c1ccccc1)c1ccccc1)[C@@H](O)c1ccccc1. The van der Waals surface area contributed by atoms with Gasteiger partial charge in [0.05, 0.1) is 0 Å². The molecule has 5 heteroatoms. The monoisotopic (exact) mass is 572 g/mol. The maximum absolute atomic E-state index is 12.5. The smallest absolute Gasteiger partial charge is 0.339 e. The molecule has 0 saturated heterocycles. The van der Waals surface area contributed by atoms with Crippen LogP contribution in [-0.2, 0) is 19.9 Å². The topological polar surface area (TPSA) is 55.8 Å². The number of carbonyl (C=O) groups excluding carboxylic acids is 1. The van der Waals surface area contributed by atoms with Gasteiger partial charge in [-0.05, 0) is 41.5 Å². The highest BCUT2D eigenvalue weighted by atomic mass is 79.9. The van der Waals surface area contributed by atoms with Crippen molar-refractivity contribution in [1.29, 1.82) is 0 Å². The minimum atomic E-state index is -1.29. The molecule has 4 aromatic carbocycles. The Morgan fingerprint density at radius 3 is 1.61 bits per heavy atom. The van der Waals surface area contributed by atoms with Crippen LogP contribution in [0, 0.1) is 0 Å². The standard InChI is InChI=1S/C33H33BrO4/c34-25-30(38-32(36)31(35)26-15-5-1-6-16-26)23-13-14-24-37-33(27-17-7-2-8-18-27,28-19-9-3-10-20-28)29-21-11-4-12-22-29/h1-12,15-22,30-31,35H,13-14,23-25H2/t30-,31-/m0/s1. The fourth-order valence-electron chi connectivity index (χ4n) is 4.64. The lowest BCUT2D eigenvalue weighted by atomic mass is 9.80. The van der Waals surface area contributed by atoms with Crippen molar-refractivity contribution in [3.63, 3.8) is 0 Å². The van der Waals surface area contributed by atoms with Crippen molar-refractivity contribution in [3.8, 4) is 0 Å². The van der Waals surface area contributed by atoms with Crippen molar-refractivity contribution in [2.75, 3.05) is 11.9 Å². The Balaban J connectivity index is 1.42. The van der Waals surface area contributed by atoms with E-state index >= 15 is 0 Å². The number of hydrogen-bond acceptors (Lipinski definition) is 4. The summed E-state index contributed by atoms with van der Waals surface area (Å²) in [5.74, 6) is -0.631. The van der Waals surface area contributed by atoms with Crippen LogP contribution in [0.5, 0.6) is 0 Å². The van der Waals surface area contributed by atoms with Gasteiger partial charge in [-0.2, -0.15) is 0 Å². The number of unbranched alkanes of at least 4 members (excludes halogenated alkanes) is 1. The lowest BCUT2D eigenvalue weighted by Crippen LogP contribution is -2.33. The van der Waals surface area contributed by atoms with Crippen LogP contribution in [-0.4, -0.2) is 29.1 Å². The molecule has 0 saturated carbocycles. The van der Waals surface area contributed by atoms with Gasteiger partial charge in [0.25, 0.3) is 0 Å². The number of hydrogen-bond donors (Lipinski definition) is 1. The first kappa shape index (κ1) is 27.8. The summed E-state index contributed by atoms with van der Waals surface area (Å²) in [4.78, 5) is 12.5. The average molecular weight is 574 g/mol. The number of aliphatic hydroxyl groups excluding tert-OH is 1. The van der Waals surface area contributed by atoms with E-state index in [-0.39, 0.29) is 6.10 Å². The van der Waals surface area contributed by atoms with E-state index in [9.17, 15) is 9.90 Å². The predicted octanol–water partition coefficient (Wildman–Crippen LogP) is 7.21. The second-order valence-corrected chi connectivity index (χ2v) is 9.80. The highest BCUT2D eigenvalue weighted by Crippen LogP contribution is 2.40. The highest BCUT2D eigenvalue weighted by molar-refractivity contribution is 9.09. The summed E-state index contributed by atoms with van der Waals surface area (Å²) in [5.41, 5.74) is 2.99. The van der Waals surface area contributed by atoms with Crippen LogP contribution in [0.2, 0.25) is 0 Å². The first-order valence-corrected chi connectivity index (χ1v) is 14.1. The second kappa shape index (κ2) is 14.1. The maximum atomic E-state index is 12.5. The molecule has 38 heavy (non-hydrogen) atoms.